The molecule has 1 unspecified atom stereocenters. The Bertz CT molecular complexity index is 720. The Morgan fingerprint density at radius 2 is 2.19 bits per heavy atom. The summed E-state index contributed by atoms with van der Waals surface area (Å²) in [5.74, 6) is 0.832. The van der Waals surface area contributed by atoms with Gasteiger partial charge in [-0.2, -0.15) is 0 Å². The number of carboxylic acids is 1. The van der Waals surface area contributed by atoms with Crippen LogP contribution >= 0.6 is 0 Å². The molecule has 0 radical (unpaired) electrons. The molecule has 1 aromatic carbocycles. The highest BCUT2D eigenvalue weighted by molar-refractivity contribution is 7.90. The number of carboxylic acid groups (broad SMARTS) is 1. The summed E-state index contributed by atoms with van der Waals surface area (Å²) >= 11 is 0. The van der Waals surface area contributed by atoms with E-state index in [-0.39, 0.29) is 12.1 Å². The van der Waals surface area contributed by atoms with Crippen LogP contribution in [0.15, 0.2) is 23.1 Å². The van der Waals surface area contributed by atoms with Gasteiger partial charge >= 0.3 is 11.7 Å². The van der Waals surface area contributed by atoms with Crippen LogP contribution in [-0.4, -0.2) is 36.7 Å². The van der Waals surface area contributed by atoms with Gasteiger partial charge in [-0.3, -0.25) is 10.1 Å². The van der Waals surface area contributed by atoms with Crippen molar-refractivity contribution < 1.29 is 23.2 Å². The molecular formula is C12H12N2O6S. The van der Waals surface area contributed by atoms with Crippen molar-refractivity contribution in [3.63, 3.8) is 0 Å². The van der Waals surface area contributed by atoms with E-state index in [0.717, 1.165) is 12.3 Å². The van der Waals surface area contributed by atoms with Crippen molar-refractivity contribution >= 4 is 27.2 Å². The van der Waals surface area contributed by atoms with Crippen molar-refractivity contribution in [3.8, 4) is 12.3 Å². The van der Waals surface area contributed by atoms with Crippen molar-refractivity contribution in [2.24, 2.45) is 0 Å². The first kappa shape index (κ1) is 16.5. The van der Waals surface area contributed by atoms with Crippen LogP contribution < -0.4 is 5.32 Å². The number of hydrogen-bond acceptors (Lipinski definition) is 6. The first-order chi connectivity index (χ1) is 9.68. The zero-order valence-electron chi connectivity index (χ0n) is 10.9. The molecule has 112 valence electrons. The number of anilines is 1. The summed E-state index contributed by atoms with van der Waals surface area (Å²) in [6.45, 7) is 0. The van der Waals surface area contributed by atoms with Crippen LogP contribution in [0.2, 0.25) is 0 Å². The maximum atomic E-state index is 11.6. The van der Waals surface area contributed by atoms with Gasteiger partial charge in [0.05, 0.1) is 4.92 Å². The second kappa shape index (κ2) is 6.23. The van der Waals surface area contributed by atoms with E-state index in [0.29, 0.717) is 0 Å². The third-order valence-electron chi connectivity index (χ3n) is 2.53. The number of terminal acetylenes is 1. The summed E-state index contributed by atoms with van der Waals surface area (Å²) in [7, 11) is -3.84. The van der Waals surface area contributed by atoms with Gasteiger partial charge in [0.1, 0.15) is 16.6 Å². The Kier molecular flexibility index (Phi) is 4.88. The molecule has 0 amide bonds. The van der Waals surface area contributed by atoms with Crippen molar-refractivity contribution in [2.45, 2.75) is 17.4 Å². The number of nitro benzene ring substituents is 1. The maximum Gasteiger partial charge on any atom is 0.327 e. The molecule has 0 aliphatic rings. The van der Waals surface area contributed by atoms with Crippen LogP contribution in [0.25, 0.3) is 0 Å². The number of nitrogens with zero attached hydrogens (tertiary/aromatic N) is 1. The molecule has 0 bridgehead atoms. The highest BCUT2D eigenvalue weighted by Crippen LogP contribution is 2.32. The molecule has 1 aromatic rings. The Labute approximate surface area is 120 Å². The largest absolute Gasteiger partial charge is 0.480 e. The van der Waals surface area contributed by atoms with Gasteiger partial charge in [0, 0.05) is 12.7 Å². The van der Waals surface area contributed by atoms with E-state index in [9.17, 15) is 23.3 Å². The van der Waals surface area contributed by atoms with E-state index in [1.54, 1.807) is 0 Å². The zero-order valence-corrected chi connectivity index (χ0v) is 11.8. The van der Waals surface area contributed by atoms with Crippen LogP contribution in [0.3, 0.4) is 0 Å². The predicted octanol–water partition coefficient (Wildman–Crippen LogP) is 0.887. The second-order valence-corrected chi connectivity index (χ2v) is 6.11. The summed E-state index contributed by atoms with van der Waals surface area (Å²) in [6, 6.07) is 2.32. The molecule has 21 heavy (non-hydrogen) atoms. The van der Waals surface area contributed by atoms with Crippen molar-refractivity contribution in [1.29, 1.82) is 0 Å². The minimum atomic E-state index is -3.84. The third kappa shape index (κ3) is 3.93. The van der Waals surface area contributed by atoms with Gasteiger partial charge in [0.2, 0.25) is 0 Å². The standard InChI is InChI=1S/C12H12N2O6S/c1-3-5-9(12(15)16)13-8-6-4-7-10(21(2,19)20)11(8)14(17)18/h1,4,6-7,9,13H,5H2,2H3,(H,15,16). The smallest absolute Gasteiger partial charge is 0.327 e. The van der Waals surface area contributed by atoms with Gasteiger partial charge in [-0.25, -0.2) is 13.2 Å². The molecule has 1 rings (SSSR count). The number of nitrogens with one attached hydrogen (secondary N) is 1. The van der Waals surface area contributed by atoms with Crippen LogP contribution in [0, 0.1) is 22.5 Å². The summed E-state index contributed by atoms with van der Waals surface area (Å²) in [5, 5.41) is 22.5. The number of para-hydroxylation sites is 1. The molecule has 8 nitrogen and oxygen atoms in total. The first-order valence-electron chi connectivity index (χ1n) is 5.58. The Balaban J connectivity index is 3.41. The molecule has 0 saturated heterocycles. The van der Waals surface area contributed by atoms with Gasteiger partial charge in [0.15, 0.2) is 9.84 Å². The number of nitro groups is 1. The van der Waals surface area contributed by atoms with E-state index in [4.69, 9.17) is 11.5 Å². The third-order valence-corrected chi connectivity index (χ3v) is 3.66. The lowest BCUT2D eigenvalue weighted by atomic mass is 10.2. The summed E-state index contributed by atoms with van der Waals surface area (Å²) in [4.78, 5) is 20.7. The Hall–Kier alpha value is -2.60. The number of hydrogen-bond donors (Lipinski definition) is 2. The monoisotopic (exact) mass is 312 g/mol. The molecule has 0 heterocycles. The lowest BCUT2D eigenvalue weighted by Gasteiger charge is -2.14. The molecule has 0 saturated carbocycles. The molecule has 2 N–H and O–H groups in total. The topological polar surface area (TPSA) is 127 Å². The Morgan fingerprint density at radius 1 is 1.57 bits per heavy atom. The summed E-state index contributed by atoms with van der Waals surface area (Å²) in [5.41, 5.74) is -0.922. The first-order valence-corrected chi connectivity index (χ1v) is 7.48. The molecule has 1 atom stereocenters. The van der Waals surface area contributed by atoms with Crippen LogP contribution in [0.4, 0.5) is 11.4 Å². The Morgan fingerprint density at radius 3 is 2.62 bits per heavy atom. The van der Waals surface area contributed by atoms with Crippen LogP contribution in [0.5, 0.6) is 0 Å². The van der Waals surface area contributed by atoms with E-state index in [1.807, 2.05) is 0 Å². The fourth-order valence-electron chi connectivity index (χ4n) is 1.63. The highest BCUT2D eigenvalue weighted by Gasteiger charge is 2.28. The lowest BCUT2D eigenvalue weighted by molar-refractivity contribution is -0.386. The average molecular weight is 312 g/mol. The molecule has 0 fully saturated rings. The SMILES string of the molecule is C#CCC(Nc1cccc(S(C)(=O)=O)c1[N+](=O)[O-])C(=O)O. The van der Waals surface area contributed by atoms with Crippen LogP contribution in [-0.2, 0) is 14.6 Å². The molecule has 9 heteroatoms. The fourth-order valence-corrected chi connectivity index (χ4v) is 2.49. The molecular weight excluding hydrogens is 300 g/mol. The minimum Gasteiger partial charge on any atom is -0.480 e. The van der Waals surface area contributed by atoms with Crippen molar-refractivity contribution in [2.75, 3.05) is 11.6 Å². The normalized spacial score (nSPS) is 12.2. The fraction of sp³-hybridized carbons (Fsp3) is 0.250. The second-order valence-electron chi connectivity index (χ2n) is 4.13. The number of aliphatic carboxylic acids is 1. The summed E-state index contributed by atoms with van der Waals surface area (Å²) < 4.78 is 23.1. The summed E-state index contributed by atoms with van der Waals surface area (Å²) in [6.07, 6.45) is 5.65. The van der Waals surface area contributed by atoms with Crippen molar-refractivity contribution in [3.05, 3.63) is 28.3 Å². The number of sulfone groups is 1. The number of rotatable bonds is 6. The lowest BCUT2D eigenvalue weighted by Crippen LogP contribution is -2.29. The quantitative estimate of drug-likeness (QED) is 0.453. The van der Waals surface area contributed by atoms with E-state index in [2.05, 4.69) is 11.2 Å². The van der Waals surface area contributed by atoms with Gasteiger partial charge in [-0.15, -0.1) is 12.3 Å². The number of benzene rings is 1. The maximum absolute atomic E-state index is 11.6. The number of carbonyl (C=O) groups is 1. The zero-order chi connectivity index (χ0) is 16.2. The van der Waals surface area contributed by atoms with Gasteiger partial charge in [-0.1, -0.05) is 6.07 Å². The van der Waals surface area contributed by atoms with Crippen LogP contribution in [0.1, 0.15) is 6.42 Å². The van der Waals surface area contributed by atoms with Crippen molar-refractivity contribution in [1.82, 2.24) is 0 Å². The van der Waals surface area contributed by atoms with Gasteiger partial charge in [0.25, 0.3) is 0 Å². The predicted molar refractivity (Wildman–Crippen MR) is 74.7 cm³/mol. The molecule has 0 aliphatic carbocycles. The van der Waals surface area contributed by atoms with E-state index in [1.165, 1.54) is 12.1 Å². The molecule has 0 spiro atoms. The molecule has 0 aliphatic heterocycles. The minimum absolute atomic E-state index is 0.213. The van der Waals surface area contributed by atoms with Gasteiger partial charge < -0.3 is 10.4 Å². The van der Waals surface area contributed by atoms with E-state index >= 15 is 0 Å². The van der Waals surface area contributed by atoms with E-state index < -0.39 is 37.4 Å². The highest BCUT2D eigenvalue weighted by atomic mass is 32.2. The average Bonchev–Trinajstić information content (AvgIpc) is 2.36. The molecule has 0 aromatic heterocycles. The van der Waals surface area contributed by atoms with Gasteiger partial charge in [-0.05, 0) is 12.1 Å².